The van der Waals surface area contributed by atoms with Crippen molar-refractivity contribution >= 4 is 11.9 Å². The highest BCUT2D eigenvalue weighted by Crippen LogP contribution is 2.18. The number of rotatable bonds is 2. The van der Waals surface area contributed by atoms with E-state index < -0.39 is 0 Å². The summed E-state index contributed by atoms with van der Waals surface area (Å²) in [6, 6.07) is 0. The number of methoxy groups -OCH3 is 1. The molecule has 0 saturated carbocycles. The summed E-state index contributed by atoms with van der Waals surface area (Å²) in [5, 5.41) is 2.77. The number of nitrogens with one attached hydrogen (secondary N) is 1. The highest BCUT2D eigenvalue weighted by atomic mass is 16.5. The van der Waals surface area contributed by atoms with E-state index in [2.05, 4.69) is 10.1 Å². The van der Waals surface area contributed by atoms with Crippen LogP contribution in [-0.2, 0) is 14.3 Å². The Kier molecular flexibility index (Phi) is 3.73. The molecule has 74 valence electrons. The predicted octanol–water partition coefficient (Wildman–Crippen LogP) is 0.466. The number of esters is 1. The molecule has 1 fully saturated rings. The minimum atomic E-state index is -0.181. The summed E-state index contributed by atoms with van der Waals surface area (Å²) in [5.41, 5.74) is 0. The van der Waals surface area contributed by atoms with Crippen molar-refractivity contribution in [1.29, 1.82) is 0 Å². The summed E-state index contributed by atoms with van der Waals surface area (Å²) in [5.74, 6) is 0.207. The van der Waals surface area contributed by atoms with Gasteiger partial charge in [-0.15, -0.1) is 0 Å². The van der Waals surface area contributed by atoms with Gasteiger partial charge in [-0.05, 0) is 18.8 Å². The topological polar surface area (TPSA) is 55.4 Å². The van der Waals surface area contributed by atoms with Gasteiger partial charge >= 0.3 is 5.97 Å². The number of carbonyl (C=O) groups excluding carboxylic acids is 2. The summed E-state index contributed by atoms with van der Waals surface area (Å²) < 4.78 is 4.58. The maximum absolute atomic E-state index is 11.0. The van der Waals surface area contributed by atoms with Crippen LogP contribution >= 0.6 is 0 Å². The van der Waals surface area contributed by atoms with Crippen molar-refractivity contribution in [3.63, 3.8) is 0 Å². The SMILES string of the molecule is COC(=O)C[C@H]1CCNC(=O)CC1. The van der Waals surface area contributed by atoms with Crippen molar-refractivity contribution in [2.45, 2.75) is 25.7 Å². The molecule has 1 saturated heterocycles. The second kappa shape index (κ2) is 4.84. The van der Waals surface area contributed by atoms with Crippen LogP contribution in [0, 0.1) is 5.92 Å². The molecule has 1 atom stereocenters. The number of hydrogen-bond donors (Lipinski definition) is 1. The van der Waals surface area contributed by atoms with Crippen LogP contribution in [0.1, 0.15) is 25.7 Å². The molecule has 0 aromatic carbocycles. The van der Waals surface area contributed by atoms with E-state index in [-0.39, 0.29) is 11.9 Å². The van der Waals surface area contributed by atoms with Crippen LogP contribution in [-0.4, -0.2) is 25.5 Å². The highest BCUT2D eigenvalue weighted by Gasteiger charge is 2.18. The summed E-state index contributed by atoms with van der Waals surface area (Å²) in [6.45, 7) is 0.681. The van der Waals surface area contributed by atoms with Crippen LogP contribution < -0.4 is 5.32 Å². The van der Waals surface area contributed by atoms with Gasteiger partial charge in [-0.25, -0.2) is 0 Å². The Bertz CT molecular complexity index is 203. The quantitative estimate of drug-likeness (QED) is 0.636. The van der Waals surface area contributed by atoms with E-state index in [4.69, 9.17) is 0 Å². The van der Waals surface area contributed by atoms with E-state index in [9.17, 15) is 9.59 Å². The van der Waals surface area contributed by atoms with Gasteiger partial charge in [0.15, 0.2) is 0 Å². The maximum atomic E-state index is 11.0. The normalized spacial score (nSPS) is 23.2. The molecule has 1 N–H and O–H groups in total. The molecule has 0 spiro atoms. The van der Waals surface area contributed by atoms with Gasteiger partial charge in [-0.3, -0.25) is 9.59 Å². The molecule has 1 aliphatic rings. The molecule has 13 heavy (non-hydrogen) atoms. The molecule has 1 heterocycles. The van der Waals surface area contributed by atoms with Crippen molar-refractivity contribution in [3.8, 4) is 0 Å². The van der Waals surface area contributed by atoms with Crippen LogP contribution in [0.25, 0.3) is 0 Å². The Balaban J connectivity index is 2.33. The lowest BCUT2D eigenvalue weighted by Crippen LogP contribution is -2.21. The van der Waals surface area contributed by atoms with Crippen molar-refractivity contribution in [3.05, 3.63) is 0 Å². The van der Waals surface area contributed by atoms with Gasteiger partial charge in [0, 0.05) is 19.4 Å². The van der Waals surface area contributed by atoms with E-state index in [1.807, 2.05) is 0 Å². The molecule has 4 nitrogen and oxygen atoms in total. The van der Waals surface area contributed by atoms with Crippen LogP contribution in [0.5, 0.6) is 0 Å². The third kappa shape index (κ3) is 3.44. The average Bonchev–Trinajstić information content (AvgIpc) is 2.31. The Hall–Kier alpha value is -1.06. The van der Waals surface area contributed by atoms with Crippen molar-refractivity contribution in [2.75, 3.05) is 13.7 Å². The van der Waals surface area contributed by atoms with Gasteiger partial charge in [0.2, 0.25) is 5.91 Å². The first-order valence-corrected chi connectivity index (χ1v) is 4.56. The fourth-order valence-electron chi connectivity index (χ4n) is 1.51. The Morgan fingerprint density at radius 1 is 1.62 bits per heavy atom. The van der Waals surface area contributed by atoms with Gasteiger partial charge in [0.25, 0.3) is 0 Å². The molecular weight excluding hydrogens is 170 g/mol. The first-order valence-electron chi connectivity index (χ1n) is 4.56. The fraction of sp³-hybridized carbons (Fsp3) is 0.778. The van der Waals surface area contributed by atoms with Gasteiger partial charge in [0.05, 0.1) is 7.11 Å². The molecule has 0 bridgehead atoms. The second-order valence-electron chi connectivity index (χ2n) is 3.32. The zero-order chi connectivity index (χ0) is 9.68. The molecule has 1 amide bonds. The zero-order valence-electron chi connectivity index (χ0n) is 7.84. The standard InChI is InChI=1S/C9H15NO3/c1-13-9(12)6-7-2-3-8(11)10-5-4-7/h7H,2-6H2,1H3,(H,10,11)/t7-/m1/s1. The lowest BCUT2D eigenvalue weighted by molar-refractivity contribution is -0.141. The molecule has 1 aliphatic heterocycles. The molecule has 1 rings (SSSR count). The molecule has 0 aliphatic carbocycles. The maximum Gasteiger partial charge on any atom is 0.305 e. The molecule has 0 unspecified atom stereocenters. The van der Waals surface area contributed by atoms with E-state index in [1.54, 1.807) is 0 Å². The largest absolute Gasteiger partial charge is 0.469 e. The minimum Gasteiger partial charge on any atom is -0.469 e. The Morgan fingerprint density at radius 2 is 2.38 bits per heavy atom. The number of amides is 1. The Labute approximate surface area is 77.6 Å². The number of carbonyl (C=O) groups is 2. The molecule has 0 aromatic rings. The van der Waals surface area contributed by atoms with E-state index in [0.717, 1.165) is 12.8 Å². The van der Waals surface area contributed by atoms with Crippen molar-refractivity contribution in [1.82, 2.24) is 5.32 Å². The Morgan fingerprint density at radius 3 is 3.08 bits per heavy atom. The average molecular weight is 185 g/mol. The van der Waals surface area contributed by atoms with E-state index in [1.165, 1.54) is 7.11 Å². The zero-order valence-corrected chi connectivity index (χ0v) is 7.84. The lowest BCUT2D eigenvalue weighted by atomic mass is 9.97. The summed E-state index contributed by atoms with van der Waals surface area (Å²) in [4.78, 5) is 21.9. The third-order valence-corrected chi connectivity index (χ3v) is 2.34. The summed E-state index contributed by atoms with van der Waals surface area (Å²) >= 11 is 0. The number of hydrogen-bond acceptors (Lipinski definition) is 3. The van der Waals surface area contributed by atoms with Crippen LogP contribution in [0.15, 0.2) is 0 Å². The van der Waals surface area contributed by atoms with Crippen LogP contribution in [0.2, 0.25) is 0 Å². The second-order valence-corrected chi connectivity index (χ2v) is 3.32. The van der Waals surface area contributed by atoms with Crippen LogP contribution in [0.3, 0.4) is 0 Å². The molecule has 0 aromatic heterocycles. The summed E-state index contributed by atoms with van der Waals surface area (Å²) in [7, 11) is 1.39. The first-order chi connectivity index (χ1) is 6.22. The highest BCUT2D eigenvalue weighted by molar-refractivity contribution is 5.76. The monoisotopic (exact) mass is 185 g/mol. The van der Waals surface area contributed by atoms with E-state index >= 15 is 0 Å². The van der Waals surface area contributed by atoms with Crippen molar-refractivity contribution in [2.24, 2.45) is 5.92 Å². The fourth-order valence-corrected chi connectivity index (χ4v) is 1.51. The molecule has 0 radical (unpaired) electrons. The van der Waals surface area contributed by atoms with Crippen molar-refractivity contribution < 1.29 is 14.3 Å². The van der Waals surface area contributed by atoms with Crippen LogP contribution in [0.4, 0.5) is 0 Å². The lowest BCUT2D eigenvalue weighted by Gasteiger charge is -2.10. The number of ether oxygens (including phenoxy) is 1. The third-order valence-electron chi connectivity index (χ3n) is 2.34. The summed E-state index contributed by atoms with van der Waals surface area (Å²) in [6.07, 6.45) is 2.63. The smallest absolute Gasteiger partial charge is 0.305 e. The first kappa shape index (κ1) is 10.0. The van der Waals surface area contributed by atoms with Gasteiger partial charge in [-0.1, -0.05) is 0 Å². The molecule has 4 heteroatoms. The van der Waals surface area contributed by atoms with E-state index in [0.29, 0.717) is 25.3 Å². The predicted molar refractivity (Wildman–Crippen MR) is 47.0 cm³/mol. The van der Waals surface area contributed by atoms with Gasteiger partial charge < -0.3 is 10.1 Å². The molecular formula is C9H15NO3. The minimum absolute atomic E-state index is 0.0902. The van der Waals surface area contributed by atoms with Gasteiger partial charge in [-0.2, -0.15) is 0 Å². The van der Waals surface area contributed by atoms with Gasteiger partial charge in [0.1, 0.15) is 0 Å².